The van der Waals surface area contributed by atoms with Gasteiger partial charge in [0.05, 0.1) is 22.4 Å². The number of hydrogen-bond donors (Lipinski definition) is 0. The molecule has 0 spiro atoms. The first-order chi connectivity index (χ1) is 13.1. The number of thiophene rings is 2. The van der Waals surface area contributed by atoms with Crippen LogP contribution >= 0.6 is 34.4 Å². The molecule has 0 fully saturated rings. The predicted octanol–water partition coefficient (Wildman–Crippen LogP) is 5.56. The minimum absolute atomic E-state index is 0.0334. The molecule has 1 aliphatic heterocycles. The van der Waals surface area contributed by atoms with Crippen molar-refractivity contribution in [1.29, 1.82) is 0 Å². The van der Waals surface area contributed by atoms with E-state index in [1.165, 1.54) is 17.1 Å². The van der Waals surface area contributed by atoms with Crippen LogP contribution in [0.25, 0.3) is 0 Å². The zero-order chi connectivity index (χ0) is 18.8. The maximum Gasteiger partial charge on any atom is 0.253 e. The van der Waals surface area contributed by atoms with E-state index in [0.29, 0.717) is 6.42 Å². The smallest absolute Gasteiger partial charge is 0.253 e. The van der Waals surface area contributed by atoms with E-state index < -0.39 is 11.6 Å². The second-order valence-electron chi connectivity index (χ2n) is 5.86. The molecule has 1 unspecified atom stereocenters. The fourth-order valence-corrected chi connectivity index (χ4v) is 5.14. The Labute approximate surface area is 167 Å². The average molecular weight is 421 g/mol. The van der Waals surface area contributed by atoms with Crippen LogP contribution in [0.15, 0.2) is 63.2 Å². The van der Waals surface area contributed by atoms with Crippen LogP contribution in [0.4, 0.5) is 8.78 Å². The molecule has 1 atom stereocenters. The van der Waals surface area contributed by atoms with Gasteiger partial charge in [-0.3, -0.25) is 4.79 Å². The van der Waals surface area contributed by atoms with Crippen LogP contribution < -0.4 is 0 Å². The van der Waals surface area contributed by atoms with Crippen LogP contribution in [0.5, 0.6) is 0 Å². The van der Waals surface area contributed by atoms with E-state index in [4.69, 9.17) is 0 Å². The molecule has 3 heterocycles. The predicted molar refractivity (Wildman–Crippen MR) is 106 cm³/mol. The first kappa shape index (κ1) is 18.3. The lowest BCUT2D eigenvalue weighted by molar-refractivity contribution is -0.130. The van der Waals surface area contributed by atoms with Crippen LogP contribution in [0, 0.1) is 11.6 Å². The van der Waals surface area contributed by atoms with Crippen molar-refractivity contribution >= 4 is 46.1 Å². The fraction of sp³-hybridized carbons (Fsp3) is 0.158. The molecule has 138 valence electrons. The van der Waals surface area contributed by atoms with E-state index in [1.54, 1.807) is 22.7 Å². The van der Waals surface area contributed by atoms with Gasteiger partial charge in [-0.05, 0) is 35.0 Å². The normalized spacial score (nSPS) is 16.6. The zero-order valence-corrected chi connectivity index (χ0v) is 16.4. The Morgan fingerprint density at radius 2 is 2.00 bits per heavy atom. The third-order valence-electron chi connectivity index (χ3n) is 4.09. The van der Waals surface area contributed by atoms with Crippen molar-refractivity contribution in [3.05, 3.63) is 74.6 Å². The van der Waals surface area contributed by atoms with Crippen molar-refractivity contribution < 1.29 is 13.6 Å². The van der Waals surface area contributed by atoms with Crippen molar-refractivity contribution in [2.75, 3.05) is 5.75 Å². The highest BCUT2D eigenvalue weighted by Crippen LogP contribution is 2.36. The molecule has 1 aliphatic rings. The number of hydrazone groups is 1. The highest BCUT2D eigenvalue weighted by molar-refractivity contribution is 8.00. The van der Waals surface area contributed by atoms with E-state index in [-0.39, 0.29) is 22.6 Å². The van der Waals surface area contributed by atoms with Crippen LogP contribution in [0.1, 0.15) is 22.2 Å². The van der Waals surface area contributed by atoms with Gasteiger partial charge in [0.25, 0.3) is 5.91 Å². The summed E-state index contributed by atoms with van der Waals surface area (Å²) in [5, 5.41) is 10.0. The quantitative estimate of drug-likeness (QED) is 0.507. The number of rotatable bonds is 5. The minimum atomic E-state index is -0.660. The Bertz CT molecular complexity index is 971. The molecular weight excluding hydrogens is 406 g/mol. The van der Waals surface area contributed by atoms with E-state index in [0.717, 1.165) is 33.3 Å². The van der Waals surface area contributed by atoms with Crippen LogP contribution in [-0.4, -0.2) is 22.4 Å². The summed E-state index contributed by atoms with van der Waals surface area (Å²) in [6.45, 7) is 0. The summed E-state index contributed by atoms with van der Waals surface area (Å²) < 4.78 is 26.9. The lowest BCUT2D eigenvalue weighted by Gasteiger charge is -2.20. The number of hydrogen-bond acceptors (Lipinski definition) is 5. The molecule has 27 heavy (non-hydrogen) atoms. The summed E-state index contributed by atoms with van der Waals surface area (Å²) in [6, 6.07) is 11.1. The van der Waals surface area contributed by atoms with Gasteiger partial charge in [0.1, 0.15) is 11.6 Å². The second kappa shape index (κ2) is 7.92. The van der Waals surface area contributed by atoms with Crippen molar-refractivity contribution in [2.24, 2.45) is 5.10 Å². The molecular formula is C19H14F2N2OS3. The van der Waals surface area contributed by atoms with E-state index in [1.807, 2.05) is 35.0 Å². The first-order valence-electron chi connectivity index (χ1n) is 8.16. The molecule has 0 aliphatic carbocycles. The highest BCUT2D eigenvalue weighted by Gasteiger charge is 2.34. The SMILES string of the molecule is O=C(CSc1ccc(F)cc1F)N1N=C(c2cccs2)CC1c1cccs1. The topological polar surface area (TPSA) is 32.7 Å². The number of carbonyl (C=O) groups excluding carboxylic acids is 1. The largest absolute Gasteiger partial charge is 0.272 e. The number of amides is 1. The molecule has 2 aromatic heterocycles. The average Bonchev–Trinajstić information content (AvgIpc) is 3.40. The number of nitrogens with zero attached hydrogens (tertiary/aromatic N) is 2. The minimum Gasteiger partial charge on any atom is -0.272 e. The van der Waals surface area contributed by atoms with Crippen molar-refractivity contribution in [1.82, 2.24) is 5.01 Å². The lowest BCUT2D eigenvalue weighted by Crippen LogP contribution is -2.28. The molecule has 4 rings (SSSR count). The Balaban J connectivity index is 1.53. The van der Waals surface area contributed by atoms with E-state index >= 15 is 0 Å². The Kier molecular flexibility index (Phi) is 5.38. The van der Waals surface area contributed by atoms with Crippen molar-refractivity contribution in [3.8, 4) is 0 Å². The van der Waals surface area contributed by atoms with Crippen molar-refractivity contribution in [2.45, 2.75) is 17.4 Å². The van der Waals surface area contributed by atoms with Gasteiger partial charge in [-0.2, -0.15) is 5.10 Å². The molecule has 0 radical (unpaired) electrons. The van der Waals surface area contributed by atoms with Crippen molar-refractivity contribution in [3.63, 3.8) is 0 Å². The van der Waals surface area contributed by atoms with Crippen LogP contribution in [-0.2, 0) is 4.79 Å². The number of thioether (sulfide) groups is 1. The Morgan fingerprint density at radius 1 is 1.19 bits per heavy atom. The number of benzene rings is 1. The molecule has 1 aromatic carbocycles. The van der Waals surface area contributed by atoms with Gasteiger partial charge < -0.3 is 0 Å². The summed E-state index contributed by atoms with van der Waals surface area (Å²) in [4.78, 5) is 15.2. The van der Waals surface area contributed by atoms with Crippen LogP contribution in [0.3, 0.4) is 0 Å². The Hall–Kier alpha value is -2.03. The van der Waals surface area contributed by atoms with E-state index in [9.17, 15) is 13.6 Å². The zero-order valence-electron chi connectivity index (χ0n) is 14.0. The summed E-state index contributed by atoms with van der Waals surface area (Å²) in [6.07, 6.45) is 0.655. The summed E-state index contributed by atoms with van der Waals surface area (Å²) in [5.41, 5.74) is 0.884. The summed E-state index contributed by atoms with van der Waals surface area (Å²) >= 11 is 4.23. The third kappa shape index (κ3) is 3.97. The second-order valence-corrected chi connectivity index (χ2v) is 8.81. The van der Waals surface area contributed by atoms with Gasteiger partial charge in [-0.25, -0.2) is 13.8 Å². The Morgan fingerprint density at radius 3 is 2.70 bits per heavy atom. The lowest BCUT2D eigenvalue weighted by atomic mass is 10.1. The molecule has 8 heteroatoms. The number of halogens is 2. The molecule has 0 saturated heterocycles. The molecule has 0 bridgehead atoms. The summed E-state index contributed by atoms with van der Waals surface area (Å²) in [7, 11) is 0. The molecule has 3 aromatic rings. The van der Waals surface area contributed by atoms with E-state index in [2.05, 4.69) is 5.10 Å². The molecule has 0 saturated carbocycles. The third-order valence-corrected chi connectivity index (χ3v) is 7.01. The van der Waals surface area contributed by atoms with Gasteiger partial charge in [-0.15, -0.1) is 34.4 Å². The first-order valence-corrected chi connectivity index (χ1v) is 10.9. The van der Waals surface area contributed by atoms with Gasteiger partial charge in [0.2, 0.25) is 0 Å². The van der Waals surface area contributed by atoms with Gasteiger partial charge in [-0.1, -0.05) is 12.1 Å². The molecule has 1 amide bonds. The highest BCUT2D eigenvalue weighted by atomic mass is 32.2. The van der Waals surface area contributed by atoms with Gasteiger partial charge >= 0.3 is 0 Å². The maximum atomic E-state index is 13.8. The number of carbonyl (C=O) groups is 1. The monoisotopic (exact) mass is 420 g/mol. The fourth-order valence-electron chi connectivity index (χ4n) is 2.83. The molecule has 0 N–H and O–H groups in total. The van der Waals surface area contributed by atoms with Gasteiger partial charge in [0.15, 0.2) is 0 Å². The summed E-state index contributed by atoms with van der Waals surface area (Å²) in [5.74, 6) is -1.46. The van der Waals surface area contributed by atoms with Crippen LogP contribution in [0.2, 0.25) is 0 Å². The maximum absolute atomic E-state index is 13.8. The van der Waals surface area contributed by atoms with Gasteiger partial charge in [0, 0.05) is 22.3 Å². The molecule has 3 nitrogen and oxygen atoms in total. The standard InChI is InChI=1S/C19H14F2N2OS3/c20-12-5-6-16(13(21)9-12)27-11-19(24)23-15(18-4-2-8-26-18)10-14(22-23)17-3-1-7-25-17/h1-9,15H,10-11H2.